The fourth-order valence-corrected chi connectivity index (χ4v) is 3.83. The van der Waals surface area contributed by atoms with Crippen LogP contribution in [-0.4, -0.2) is 42.3 Å². The molecule has 0 saturated heterocycles. The number of benzene rings is 2. The Hall–Kier alpha value is -3.35. The molecule has 1 aliphatic rings. The summed E-state index contributed by atoms with van der Waals surface area (Å²) in [6, 6.07) is 15.3. The quantitative estimate of drug-likeness (QED) is 0.601. The molecule has 1 atom stereocenters. The van der Waals surface area contributed by atoms with Crippen molar-refractivity contribution < 1.29 is 24.2 Å². The van der Waals surface area contributed by atoms with Crippen molar-refractivity contribution in [2.24, 2.45) is 5.41 Å². The molecule has 0 bridgehead atoms. The smallest absolute Gasteiger partial charge is 0.407 e. The number of carbonyl (C=O) groups excluding carboxylic acids is 2. The van der Waals surface area contributed by atoms with E-state index in [0.717, 1.165) is 22.3 Å². The van der Waals surface area contributed by atoms with Crippen molar-refractivity contribution in [3.63, 3.8) is 0 Å². The van der Waals surface area contributed by atoms with E-state index in [-0.39, 0.29) is 25.5 Å². The highest BCUT2D eigenvalue weighted by Gasteiger charge is 2.29. The highest BCUT2D eigenvalue weighted by Crippen LogP contribution is 2.44. The lowest BCUT2D eigenvalue weighted by Gasteiger charge is -2.24. The third kappa shape index (κ3) is 5.42. The van der Waals surface area contributed by atoms with Gasteiger partial charge in [0, 0.05) is 12.5 Å². The first-order valence-electron chi connectivity index (χ1n) is 10.3. The van der Waals surface area contributed by atoms with Crippen LogP contribution in [0.5, 0.6) is 0 Å². The maximum atomic E-state index is 12.3. The van der Waals surface area contributed by atoms with Gasteiger partial charge in [0.1, 0.15) is 12.6 Å². The van der Waals surface area contributed by atoms with Gasteiger partial charge in [0.15, 0.2) is 0 Å². The van der Waals surface area contributed by atoms with E-state index in [2.05, 4.69) is 22.8 Å². The molecule has 0 saturated carbocycles. The molecule has 2 aromatic carbocycles. The minimum absolute atomic E-state index is 0.0564. The molecule has 0 fully saturated rings. The first kappa shape index (κ1) is 22.3. The minimum Gasteiger partial charge on any atom is -0.481 e. The van der Waals surface area contributed by atoms with Crippen LogP contribution in [0.2, 0.25) is 0 Å². The predicted octanol–water partition coefficient (Wildman–Crippen LogP) is 3.53. The number of carboxylic acid groups (broad SMARTS) is 1. The highest BCUT2D eigenvalue weighted by molar-refractivity contribution is 5.85. The lowest BCUT2D eigenvalue weighted by atomic mass is 9.89. The number of amides is 2. The van der Waals surface area contributed by atoms with Gasteiger partial charge in [-0.1, -0.05) is 62.4 Å². The van der Waals surface area contributed by atoms with E-state index in [4.69, 9.17) is 9.84 Å². The maximum Gasteiger partial charge on any atom is 0.407 e. The third-order valence-electron chi connectivity index (χ3n) is 5.44. The summed E-state index contributed by atoms with van der Waals surface area (Å²) in [7, 11) is 0. The second-order valence-electron chi connectivity index (χ2n) is 8.64. The number of ether oxygens (including phenoxy) is 1. The molecule has 31 heavy (non-hydrogen) atoms. The topological polar surface area (TPSA) is 105 Å². The SMILES string of the molecule is C[C@H](NC(=O)OCC1c2ccccc2-c2ccccc21)C(=O)NCC(C)(C)CC(=O)O. The van der Waals surface area contributed by atoms with Crippen molar-refractivity contribution in [2.45, 2.75) is 39.2 Å². The number of hydrogen-bond acceptors (Lipinski definition) is 4. The van der Waals surface area contributed by atoms with Gasteiger partial charge in [-0.05, 0) is 34.6 Å². The van der Waals surface area contributed by atoms with Crippen LogP contribution >= 0.6 is 0 Å². The number of carbonyl (C=O) groups is 3. The Labute approximate surface area is 181 Å². The fraction of sp³-hybridized carbons (Fsp3) is 0.375. The van der Waals surface area contributed by atoms with Gasteiger partial charge >= 0.3 is 12.1 Å². The summed E-state index contributed by atoms with van der Waals surface area (Å²) in [4.78, 5) is 35.5. The number of aliphatic carboxylic acids is 1. The third-order valence-corrected chi connectivity index (χ3v) is 5.44. The van der Waals surface area contributed by atoms with Gasteiger partial charge in [0.25, 0.3) is 0 Å². The Balaban J connectivity index is 1.53. The van der Waals surface area contributed by atoms with Crippen molar-refractivity contribution in [1.82, 2.24) is 10.6 Å². The largest absolute Gasteiger partial charge is 0.481 e. The predicted molar refractivity (Wildman–Crippen MR) is 117 cm³/mol. The van der Waals surface area contributed by atoms with E-state index in [0.29, 0.717) is 0 Å². The normalized spacial score (nSPS) is 13.6. The fourth-order valence-electron chi connectivity index (χ4n) is 3.83. The van der Waals surface area contributed by atoms with Crippen molar-refractivity contribution in [1.29, 1.82) is 0 Å². The van der Waals surface area contributed by atoms with Crippen molar-refractivity contribution >= 4 is 18.0 Å². The number of nitrogens with one attached hydrogen (secondary N) is 2. The van der Waals surface area contributed by atoms with E-state index in [1.54, 1.807) is 20.8 Å². The Morgan fingerprint density at radius 2 is 1.58 bits per heavy atom. The first-order valence-corrected chi connectivity index (χ1v) is 10.3. The van der Waals surface area contributed by atoms with Crippen molar-refractivity contribution in [3.8, 4) is 11.1 Å². The van der Waals surface area contributed by atoms with Gasteiger partial charge in [-0.2, -0.15) is 0 Å². The molecule has 164 valence electrons. The maximum absolute atomic E-state index is 12.3. The van der Waals surface area contributed by atoms with Gasteiger partial charge < -0.3 is 20.5 Å². The summed E-state index contributed by atoms with van der Waals surface area (Å²) in [5.74, 6) is -1.38. The van der Waals surface area contributed by atoms with Crippen LogP contribution in [0.3, 0.4) is 0 Å². The second-order valence-corrected chi connectivity index (χ2v) is 8.64. The summed E-state index contributed by atoms with van der Waals surface area (Å²) in [5, 5.41) is 14.2. The van der Waals surface area contributed by atoms with Crippen LogP contribution in [0.4, 0.5) is 4.79 Å². The van der Waals surface area contributed by atoms with Crippen LogP contribution in [0, 0.1) is 5.41 Å². The molecule has 2 amide bonds. The van der Waals surface area contributed by atoms with Gasteiger partial charge in [0.05, 0.1) is 6.42 Å². The standard InChI is InChI=1S/C24H28N2O5/c1-15(22(29)25-14-24(2,3)12-21(27)28)26-23(30)31-13-20-18-10-6-4-8-16(18)17-9-5-7-11-19(17)20/h4-11,15,20H,12-14H2,1-3H3,(H,25,29)(H,26,30)(H,27,28)/t15-/m0/s1. The molecule has 7 heteroatoms. The Morgan fingerprint density at radius 3 is 2.13 bits per heavy atom. The summed E-state index contributed by atoms with van der Waals surface area (Å²) >= 11 is 0. The van der Waals surface area contributed by atoms with Crippen molar-refractivity contribution in [3.05, 3.63) is 59.7 Å². The van der Waals surface area contributed by atoms with Crippen LogP contribution in [-0.2, 0) is 14.3 Å². The zero-order chi connectivity index (χ0) is 22.6. The molecule has 3 N–H and O–H groups in total. The number of carboxylic acids is 1. The van der Waals surface area contributed by atoms with E-state index < -0.39 is 29.4 Å². The molecular formula is C24H28N2O5. The Morgan fingerprint density at radius 1 is 1.03 bits per heavy atom. The van der Waals surface area contributed by atoms with Gasteiger partial charge in [-0.3, -0.25) is 9.59 Å². The number of alkyl carbamates (subject to hydrolysis) is 1. The molecular weight excluding hydrogens is 396 g/mol. The molecule has 0 spiro atoms. The molecule has 0 aliphatic heterocycles. The second kappa shape index (κ2) is 9.20. The van der Waals surface area contributed by atoms with E-state index in [1.165, 1.54) is 0 Å². The monoisotopic (exact) mass is 424 g/mol. The minimum atomic E-state index is -0.927. The number of rotatable bonds is 8. The first-order chi connectivity index (χ1) is 14.7. The van der Waals surface area contributed by atoms with Gasteiger partial charge in [0.2, 0.25) is 5.91 Å². The summed E-state index contributed by atoms with van der Waals surface area (Å²) in [6.07, 6.45) is -0.740. The average Bonchev–Trinajstić information content (AvgIpc) is 3.03. The molecule has 2 aromatic rings. The van der Waals surface area contributed by atoms with Crippen LogP contribution in [0.1, 0.15) is 44.2 Å². The summed E-state index contributed by atoms with van der Waals surface area (Å²) in [5.41, 5.74) is 3.92. The molecule has 0 heterocycles. The molecule has 0 unspecified atom stereocenters. The van der Waals surface area contributed by atoms with Crippen LogP contribution < -0.4 is 10.6 Å². The molecule has 1 aliphatic carbocycles. The molecule has 0 radical (unpaired) electrons. The van der Waals surface area contributed by atoms with Gasteiger partial charge in [-0.25, -0.2) is 4.79 Å². The lowest BCUT2D eigenvalue weighted by molar-refractivity contribution is -0.139. The summed E-state index contributed by atoms with van der Waals surface area (Å²) in [6.45, 7) is 5.42. The Kier molecular flexibility index (Phi) is 6.63. The van der Waals surface area contributed by atoms with E-state index in [9.17, 15) is 14.4 Å². The molecule has 7 nitrogen and oxygen atoms in total. The zero-order valence-electron chi connectivity index (χ0n) is 18.0. The lowest BCUT2D eigenvalue weighted by Crippen LogP contribution is -2.47. The van der Waals surface area contributed by atoms with E-state index >= 15 is 0 Å². The van der Waals surface area contributed by atoms with E-state index in [1.807, 2.05) is 36.4 Å². The van der Waals surface area contributed by atoms with Crippen LogP contribution in [0.25, 0.3) is 11.1 Å². The highest BCUT2D eigenvalue weighted by atomic mass is 16.5. The Bertz CT molecular complexity index is 940. The molecule has 3 rings (SSSR count). The van der Waals surface area contributed by atoms with Crippen LogP contribution in [0.15, 0.2) is 48.5 Å². The van der Waals surface area contributed by atoms with Gasteiger partial charge in [-0.15, -0.1) is 0 Å². The summed E-state index contributed by atoms with van der Waals surface area (Å²) < 4.78 is 5.45. The average molecular weight is 424 g/mol. The zero-order valence-corrected chi connectivity index (χ0v) is 18.0. The molecule has 0 aromatic heterocycles. The number of hydrogen-bond donors (Lipinski definition) is 3. The number of fused-ring (bicyclic) bond motifs is 3. The van der Waals surface area contributed by atoms with Crippen molar-refractivity contribution in [2.75, 3.05) is 13.2 Å².